The largest absolute Gasteiger partial charge is 0.360 e. The average Bonchev–Trinajstić information content (AvgIpc) is 3.31. The molecule has 1 amide bonds. The van der Waals surface area contributed by atoms with Gasteiger partial charge in [-0.3, -0.25) is 9.48 Å². The molecule has 2 aromatic heterocycles. The van der Waals surface area contributed by atoms with E-state index in [9.17, 15) is 4.79 Å². The minimum absolute atomic E-state index is 0.0632. The van der Waals surface area contributed by atoms with E-state index in [0.717, 1.165) is 23.4 Å². The highest BCUT2D eigenvalue weighted by atomic mass is 16.5. The lowest BCUT2D eigenvalue weighted by atomic mass is 9.87. The van der Waals surface area contributed by atoms with Crippen molar-refractivity contribution in [3.63, 3.8) is 0 Å². The van der Waals surface area contributed by atoms with Crippen LogP contribution in [-0.2, 0) is 23.5 Å². The molecule has 0 bridgehead atoms. The molecule has 7 nitrogen and oxygen atoms in total. The first-order chi connectivity index (χ1) is 13.2. The van der Waals surface area contributed by atoms with E-state index in [0.29, 0.717) is 31.2 Å². The van der Waals surface area contributed by atoms with E-state index in [1.165, 1.54) is 0 Å². The van der Waals surface area contributed by atoms with Crippen molar-refractivity contribution in [2.75, 3.05) is 13.1 Å². The van der Waals surface area contributed by atoms with E-state index in [1.807, 2.05) is 49.6 Å². The number of nitrogens with zero attached hydrogens (tertiary/aromatic N) is 5. The Morgan fingerprint density at radius 2 is 2.04 bits per heavy atom. The summed E-state index contributed by atoms with van der Waals surface area (Å²) in [5, 5.41) is 4.30. The van der Waals surface area contributed by atoms with Gasteiger partial charge in [-0.1, -0.05) is 30.3 Å². The molecule has 27 heavy (non-hydrogen) atoms. The molecule has 3 aromatic rings. The molecule has 0 saturated carbocycles. The van der Waals surface area contributed by atoms with Crippen LogP contribution in [0.1, 0.15) is 28.7 Å². The van der Waals surface area contributed by atoms with Gasteiger partial charge in [0.15, 0.2) is 5.82 Å². The molecule has 5 rings (SSSR count). The van der Waals surface area contributed by atoms with Crippen molar-refractivity contribution in [1.29, 1.82) is 0 Å². The number of aryl methyl sites for hydroxylation is 1. The number of hydrogen-bond donors (Lipinski definition) is 0. The van der Waals surface area contributed by atoms with Crippen LogP contribution in [0, 0.1) is 0 Å². The average molecular weight is 361 g/mol. The lowest BCUT2D eigenvalue weighted by Gasteiger charge is -2.46. The van der Waals surface area contributed by atoms with Gasteiger partial charge in [-0.15, -0.1) is 0 Å². The van der Waals surface area contributed by atoms with Gasteiger partial charge in [0, 0.05) is 30.1 Å². The van der Waals surface area contributed by atoms with Crippen molar-refractivity contribution in [2.24, 2.45) is 0 Å². The van der Waals surface area contributed by atoms with Crippen molar-refractivity contribution in [3.8, 4) is 11.4 Å². The fourth-order valence-corrected chi connectivity index (χ4v) is 3.71. The van der Waals surface area contributed by atoms with E-state index in [-0.39, 0.29) is 5.91 Å². The highest BCUT2D eigenvalue weighted by molar-refractivity contribution is 5.93. The molecule has 136 valence electrons. The van der Waals surface area contributed by atoms with E-state index >= 15 is 0 Å². The molecule has 1 spiro atoms. The van der Waals surface area contributed by atoms with Crippen LogP contribution in [-0.4, -0.2) is 43.6 Å². The Kier molecular flexibility index (Phi) is 3.58. The molecule has 0 aliphatic carbocycles. The third kappa shape index (κ3) is 2.54. The van der Waals surface area contributed by atoms with E-state index < -0.39 is 5.60 Å². The fourth-order valence-electron chi connectivity index (χ4n) is 3.71. The standard InChI is InChI=1S/C20H19N5O2/c1-2-25-9-8-16(23-25)19(26)24-12-20(13-24)15-10-21-18(22-17(15)11-27-20)14-6-4-3-5-7-14/h3-10H,2,11-13H2,1H3. The fraction of sp³-hybridized carbons (Fsp3) is 0.300. The summed E-state index contributed by atoms with van der Waals surface area (Å²) in [5.74, 6) is 0.638. The topological polar surface area (TPSA) is 73.1 Å². The van der Waals surface area contributed by atoms with Gasteiger partial charge in [-0.25, -0.2) is 9.97 Å². The Morgan fingerprint density at radius 1 is 1.22 bits per heavy atom. The SMILES string of the molecule is CCn1ccc(C(=O)N2CC3(C2)OCc2nc(-c4ccccc4)ncc23)n1. The maximum atomic E-state index is 12.6. The lowest BCUT2D eigenvalue weighted by Crippen LogP contribution is -2.61. The number of aromatic nitrogens is 4. The second kappa shape index (κ2) is 5.99. The molecule has 2 aliphatic heterocycles. The first-order valence-corrected chi connectivity index (χ1v) is 9.07. The Bertz CT molecular complexity index is 1010. The summed E-state index contributed by atoms with van der Waals surface area (Å²) >= 11 is 0. The smallest absolute Gasteiger partial charge is 0.274 e. The van der Waals surface area contributed by atoms with Gasteiger partial charge in [0.05, 0.1) is 25.4 Å². The summed E-state index contributed by atoms with van der Waals surface area (Å²) in [6.45, 7) is 4.20. The Hall–Kier alpha value is -3.06. The summed E-state index contributed by atoms with van der Waals surface area (Å²) in [5.41, 5.74) is 2.88. The Labute approximate surface area is 156 Å². The number of benzene rings is 1. The second-order valence-corrected chi connectivity index (χ2v) is 6.92. The van der Waals surface area contributed by atoms with Crippen LogP contribution in [0.4, 0.5) is 0 Å². The monoisotopic (exact) mass is 361 g/mol. The number of carbonyl (C=O) groups excluding carboxylic acids is 1. The van der Waals surface area contributed by atoms with Gasteiger partial charge < -0.3 is 9.64 Å². The number of likely N-dealkylation sites (tertiary alicyclic amines) is 1. The molecule has 1 fully saturated rings. The number of rotatable bonds is 3. The Balaban J connectivity index is 1.35. The van der Waals surface area contributed by atoms with Crippen LogP contribution in [0.3, 0.4) is 0 Å². The zero-order valence-electron chi connectivity index (χ0n) is 15.0. The first-order valence-electron chi connectivity index (χ1n) is 9.07. The molecule has 0 unspecified atom stereocenters. The maximum Gasteiger partial charge on any atom is 0.274 e. The van der Waals surface area contributed by atoms with Crippen LogP contribution in [0.2, 0.25) is 0 Å². The summed E-state index contributed by atoms with van der Waals surface area (Å²) < 4.78 is 7.81. The number of ether oxygens (including phenoxy) is 1. The van der Waals surface area contributed by atoms with Crippen molar-refractivity contribution in [3.05, 3.63) is 65.7 Å². The maximum absolute atomic E-state index is 12.6. The third-order valence-corrected chi connectivity index (χ3v) is 5.24. The van der Waals surface area contributed by atoms with Gasteiger partial charge in [0.1, 0.15) is 11.3 Å². The molecular weight excluding hydrogens is 342 g/mol. The van der Waals surface area contributed by atoms with Crippen molar-refractivity contribution >= 4 is 5.91 Å². The molecule has 2 aliphatic rings. The summed E-state index contributed by atoms with van der Waals surface area (Å²) in [6, 6.07) is 11.7. The van der Waals surface area contributed by atoms with Crippen LogP contribution >= 0.6 is 0 Å². The zero-order chi connectivity index (χ0) is 18.4. The first kappa shape index (κ1) is 16.1. The molecule has 0 atom stereocenters. The van der Waals surface area contributed by atoms with E-state index in [1.54, 1.807) is 15.6 Å². The van der Waals surface area contributed by atoms with Gasteiger partial charge in [0.25, 0.3) is 5.91 Å². The summed E-state index contributed by atoms with van der Waals surface area (Å²) in [6.07, 6.45) is 3.67. The normalized spacial score (nSPS) is 17.0. The molecule has 4 heterocycles. The van der Waals surface area contributed by atoms with Crippen LogP contribution < -0.4 is 0 Å². The number of carbonyl (C=O) groups is 1. The number of hydrogen-bond acceptors (Lipinski definition) is 5. The van der Waals surface area contributed by atoms with Crippen LogP contribution in [0.5, 0.6) is 0 Å². The van der Waals surface area contributed by atoms with E-state index in [2.05, 4.69) is 15.1 Å². The highest BCUT2D eigenvalue weighted by Gasteiger charge is 2.53. The summed E-state index contributed by atoms with van der Waals surface area (Å²) in [4.78, 5) is 23.6. The minimum atomic E-state index is -0.479. The molecule has 7 heteroatoms. The minimum Gasteiger partial charge on any atom is -0.360 e. The predicted octanol–water partition coefficient (Wildman–Crippen LogP) is 2.24. The molecule has 0 N–H and O–H groups in total. The highest BCUT2D eigenvalue weighted by Crippen LogP contribution is 2.43. The van der Waals surface area contributed by atoms with E-state index in [4.69, 9.17) is 4.74 Å². The molecular formula is C20H19N5O2. The van der Waals surface area contributed by atoms with Gasteiger partial charge in [-0.05, 0) is 13.0 Å². The number of amides is 1. The Morgan fingerprint density at radius 3 is 2.78 bits per heavy atom. The quantitative estimate of drug-likeness (QED) is 0.715. The van der Waals surface area contributed by atoms with Crippen LogP contribution in [0.15, 0.2) is 48.8 Å². The molecule has 1 aromatic carbocycles. The van der Waals surface area contributed by atoms with Gasteiger partial charge in [-0.2, -0.15) is 5.10 Å². The van der Waals surface area contributed by atoms with Gasteiger partial charge in [0.2, 0.25) is 0 Å². The van der Waals surface area contributed by atoms with Crippen molar-refractivity contribution < 1.29 is 9.53 Å². The third-order valence-electron chi connectivity index (χ3n) is 5.24. The molecule has 1 saturated heterocycles. The second-order valence-electron chi connectivity index (χ2n) is 6.92. The number of fused-ring (bicyclic) bond motifs is 2. The lowest BCUT2D eigenvalue weighted by molar-refractivity contribution is -0.126. The molecule has 0 radical (unpaired) electrons. The predicted molar refractivity (Wildman–Crippen MR) is 97.7 cm³/mol. The zero-order valence-corrected chi connectivity index (χ0v) is 15.0. The summed E-state index contributed by atoms with van der Waals surface area (Å²) in [7, 11) is 0. The van der Waals surface area contributed by atoms with Crippen molar-refractivity contribution in [2.45, 2.75) is 25.7 Å². The van der Waals surface area contributed by atoms with Gasteiger partial charge >= 0.3 is 0 Å². The van der Waals surface area contributed by atoms with Crippen LogP contribution in [0.25, 0.3) is 11.4 Å². The van der Waals surface area contributed by atoms with Crippen molar-refractivity contribution in [1.82, 2.24) is 24.6 Å².